The van der Waals surface area contributed by atoms with Gasteiger partial charge in [0.05, 0.1) is 48.2 Å². The maximum atomic E-state index is 13.7. The first kappa shape index (κ1) is 47.6. The van der Waals surface area contributed by atoms with E-state index in [-0.39, 0.29) is 47.8 Å². The quantitative estimate of drug-likeness (QED) is 0.0766. The van der Waals surface area contributed by atoms with Crippen LogP contribution in [-0.2, 0) is 20.5 Å². The van der Waals surface area contributed by atoms with Gasteiger partial charge in [0.1, 0.15) is 23.7 Å². The highest BCUT2D eigenvalue weighted by atomic mass is 19.4. The molecule has 4 amide bonds. The number of benzene rings is 3. The lowest BCUT2D eigenvalue weighted by molar-refractivity contribution is -0.138. The molecule has 68 heavy (non-hydrogen) atoms. The van der Waals surface area contributed by atoms with Crippen molar-refractivity contribution >= 4 is 29.7 Å². The molecule has 15 nitrogen and oxygen atoms in total. The van der Waals surface area contributed by atoms with E-state index in [2.05, 4.69) is 25.5 Å². The van der Waals surface area contributed by atoms with Crippen molar-refractivity contribution < 1.29 is 42.2 Å². The summed E-state index contributed by atoms with van der Waals surface area (Å²) in [5.41, 5.74) is 5.02. The van der Waals surface area contributed by atoms with Crippen LogP contribution in [-0.4, -0.2) is 91.1 Å². The van der Waals surface area contributed by atoms with Crippen molar-refractivity contribution in [3.05, 3.63) is 114 Å². The molecule has 3 aliphatic rings. The zero-order valence-electron chi connectivity index (χ0n) is 38.7. The summed E-state index contributed by atoms with van der Waals surface area (Å²) in [4.78, 5) is 72.8. The van der Waals surface area contributed by atoms with Crippen molar-refractivity contribution in [1.29, 1.82) is 0 Å². The highest BCUT2D eigenvalue weighted by molar-refractivity contribution is 5.87. The van der Waals surface area contributed by atoms with Crippen LogP contribution in [0.25, 0.3) is 22.5 Å². The maximum absolute atomic E-state index is 13.7. The van der Waals surface area contributed by atoms with Gasteiger partial charge in [-0.05, 0) is 85.8 Å². The van der Waals surface area contributed by atoms with E-state index in [0.29, 0.717) is 54.7 Å². The molecule has 2 aromatic heterocycles. The fourth-order valence-electron chi connectivity index (χ4n) is 10.0. The lowest BCUT2D eigenvalue weighted by atomic mass is 10.0. The topological polar surface area (TPSA) is 189 Å². The van der Waals surface area contributed by atoms with E-state index in [0.717, 1.165) is 60.1 Å². The van der Waals surface area contributed by atoms with Crippen LogP contribution in [0.3, 0.4) is 0 Å². The van der Waals surface area contributed by atoms with Crippen LogP contribution in [0.1, 0.15) is 119 Å². The van der Waals surface area contributed by atoms with E-state index >= 15 is 0 Å². The Morgan fingerprint density at radius 2 is 1.10 bits per heavy atom. The van der Waals surface area contributed by atoms with E-state index in [4.69, 9.17) is 14.7 Å². The number of amides is 4. The molecule has 5 heterocycles. The Hall–Kier alpha value is -6.85. The van der Waals surface area contributed by atoms with Crippen molar-refractivity contribution in [2.45, 2.75) is 109 Å². The number of carbonyl (C=O) groups is 4. The molecule has 3 saturated heterocycles. The molecule has 0 saturated carbocycles. The summed E-state index contributed by atoms with van der Waals surface area (Å²) in [6.45, 7) is 8.38. The van der Waals surface area contributed by atoms with Gasteiger partial charge >= 0.3 is 18.4 Å². The van der Waals surface area contributed by atoms with Crippen molar-refractivity contribution in [1.82, 2.24) is 40.4 Å². The number of methoxy groups -OCH3 is 1. The number of aromatic nitrogens is 4. The van der Waals surface area contributed by atoms with E-state index in [1.807, 2.05) is 68.6 Å². The summed E-state index contributed by atoms with van der Waals surface area (Å²) in [7, 11) is 1.26. The monoisotopic (exact) mass is 937 g/mol. The first-order valence-electron chi connectivity index (χ1n) is 23.2. The third-order valence-corrected chi connectivity index (χ3v) is 13.6. The Labute approximate surface area is 392 Å². The zero-order valence-corrected chi connectivity index (χ0v) is 38.7. The molecule has 0 aliphatic carbocycles. The minimum Gasteiger partial charge on any atom is -0.465 e. The van der Waals surface area contributed by atoms with Gasteiger partial charge in [-0.3, -0.25) is 9.59 Å². The lowest BCUT2D eigenvalue weighted by Crippen LogP contribution is -2.51. The molecule has 3 aromatic carbocycles. The van der Waals surface area contributed by atoms with Gasteiger partial charge in [0.15, 0.2) is 0 Å². The van der Waals surface area contributed by atoms with Crippen molar-refractivity contribution in [2.75, 3.05) is 25.1 Å². The Balaban J connectivity index is 1.00. The number of carboxylic acid groups (broad SMARTS) is 1. The van der Waals surface area contributed by atoms with E-state index in [1.165, 1.54) is 19.2 Å². The number of likely N-dealkylation sites (tertiary alicyclic amines) is 2. The number of rotatable bonds is 13. The van der Waals surface area contributed by atoms with Crippen LogP contribution >= 0.6 is 0 Å². The summed E-state index contributed by atoms with van der Waals surface area (Å²) in [6.07, 6.45) is 1.67. The number of nitrogens with one attached hydrogen (secondary N) is 4. The third kappa shape index (κ3) is 9.90. The van der Waals surface area contributed by atoms with E-state index in [9.17, 15) is 37.5 Å². The van der Waals surface area contributed by atoms with Crippen molar-refractivity contribution in [2.24, 2.45) is 11.8 Å². The molecule has 5 aromatic rings. The first-order valence-corrected chi connectivity index (χ1v) is 23.2. The molecular formula is C50H58F3N9O6. The Bertz CT molecular complexity index is 2580. The number of alkyl carbamates (subject to hydrolysis) is 1. The van der Waals surface area contributed by atoms with E-state index < -0.39 is 36.0 Å². The van der Waals surface area contributed by atoms with Gasteiger partial charge in [-0.15, -0.1) is 0 Å². The second-order valence-corrected chi connectivity index (χ2v) is 18.6. The van der Waals surface area contributed by atoms with Crippen molar-refractivity contribution in [3.8, 4) is 22.5 Å². The normalized spacial score (nSPS) is 20.5. The molecule has 3 aliphatic heterocycles. The second kappa shape index (κ2) is 19.8. The minimum absolute atomic E-state index is 0.155. The fraction of sp³-hybridized carbons (Fsp3) is 0.440. The summed E-state index contributed by atoms with van der Waals surface area (Å²) < 4.78 is 46.0. The number of carbonyl (C=O) groups excluding carboxylic acids is 3. The summed E-state index contributed by atoms with van der Waals surface area (Å²) in [5, 5.41) is 14.4. The number of nitrogens with zero attached hydrogens (tertiary/aromatic N) is 5. The summed E-state index contributed by atoms with van der Waals surface area (Å²) >= 11 is 0. The molecule has 8 rings (SSSR count). The fourth-order valence-corrected chi connectivity index (χ4v) is 10.0. The number of ether oxygens (including phenoxy) is 1. The van der Waals surface area contributed by atoms with Gasteiger partial charge in [-0.2, -0.15) is 13.2 Å². The Morgan fingerprint density at radius 1 is 0.662 bits per heavy atom. The predicted octanol–water partition coefficient (Wildman–Crippen LogP) is 9.57. The number of anilines is 1. The molecule has 5 N–H and O–H groups in total. The number of halogens is 3. The lowest BCUT2D eigenvalue weighted by Gasteiger charge is -2.33. The summed E-state index contributed by atoms with van der Waals surface area (Å²) in [5.74, 6) is 0.407. The highest BCUT2D eigenvalue weighted by Crippen LogP contribution is 2.48. The number of alkyl halides is 3. The number of imidazole rings is 2. The molecule has 0 unspecified atom stereocenters. The van der Waals surface area contributed by atoms with Gasteiger partial charge in [0.2, 0.25) is 11.8 Å². The third-order valence-electron chi connectivity index (χ3n) is 13.6. The molecule has 0 radical (unpaired) electrons. The van der Waals surface area contributed by atoms with Crippen LogP contribution in [0.5, 0.6) is 0 Å². The van der Waals surface area contributed by atoms with Crippen LogP contribution in [0.15, 0.2) is 85.2 Å². The SMILES string of the molecule is COC(=O)N[C@H](C(=O)N1CCC[C@H]1c1nc(-c2ccc([C@H]3CC[C@H](c4ccc(-c5c[nH]c([C@@H]6CCCN6C(=O)[C@@H](NC(=O)O)C(C)C)n5)cc4)N3c3ccc(C(F)(F)F)cc3)cc2)c[nH]1)C(C)C. The first-order chi connectivity index (χ1) is 32.5. The average molecular weight is 938 g/mol. The Kier molecular flexibility index (Phi) is 13.9. The van der Waals surface area contributed by atoms with Gasteiger partial charge in [0.25, 0.3) is 0 Å². The molecule has 18 heteroatoms. The van der Waals surface area contributed by atoms with Crippen LogP contribution in [0.4, 0.5) is 28.4 Å². The predicted molar refractivity (Wildman–Crippen MR) is 248 cm³/mol. The van der Waals surface area contributed by atoms with Crippen LogP contribution in [0, 0.1) is 11.8 Å². The summed E-state index contributed by atoms with van der Waals surface area (Å²) in [6, 6.07) is 18.8. The molecule has 360 valence electrons. The molecule has 0 spiro atoms. The number of hydrogen-bond acceptors (Lipinski definition) is 8. The minimum atomic E-state index is -4.48. The van der Waals surface area contributed by atoms with Crippen molar-refractivity contribution in [3.63, 3.8) is 0 Å². The number of hydrogen-bond donors (Lipinski definition) is 5. The smallest absolute Gasteiger partial charge is 0.416 e. The zero-order chi connectivity index (χ0) is 48.4. The molecular weight excluding hydrogens is 880 g/mol. The van der Waals surface area contributed by atoms with Gasteiger partial charge < -0.3 is 45.1 Å². The molecule has 0 bridgehead atoms. The van der Waals surface area contributed by atoms with Gasteiger partial charge in [-0.25, -0.2) is 19.6 Å². The van der Waals surface area contributed by atoms with Gasteiger partial charge in [-0.1, -0.05) is 76.2 Å². The van der Waals surface area contributed by atoms with Gasteiger partial charge in [0, 0.05) is 42.3 Å². The molecule has 6 atom stereocenters. The van der Waals surface area contributed by atoms with Crippen LogP contribution < -0.4 is 15.5 Å². The number of aromatic amines is 2. The highest BCUT2D eigenvalue weighted by Gasteiger charge is 2.40. The molecule has 3 fully saturated rings. The second-order valence-electron chi connectivity index (χ2n) is 18.6. The Morgan fingerprint density at radius 3 is 1.50 bits per heavy atom. The van der Waals surface area contributed by atoms with E-state index in [1.54, 1.807) is 29.8 Å². The average Bonchev–Trinajstić information content (AvgIpc) is 4.18. The number of H-pyrrole nitrogens is 2. The largest absolute Gasteiger partial charge is 0.465 e. The standard InChI is InChI=1S/C50H58F3N9O6/c1-28(2)42(58-48(65)66)46(63)60-24-6-8-40(60)44-54-26-36(56-44)30-10-14-32(15-11-30)38-22-23-39(62(38)35-20-18-34(19-21-35)50(51,52)53)33-16-12-31(13-17-33)37-27-55-45(57-37)41-9-7-25-61(41)47(64)43(29(3)4)59-49(67)68-5/h10-21,26-29,38-43,58H,6-9,22-25H2,1-5H3,(H,54,56)(H,55,57)(H,59,67)(H,65,66)/t38-,39-,40+,41+,42+,43+/m1/s1. The maximum Gasteiger partial charge on any atom is 0.416 e. The van der Waals surface area contributed by atoms with Crippen LogP contribution in [0.2, 0.25) is 0 Å².